The highest BCUT2D eigenvalue weighted by Gasteiger charge is 2.30. The van der Waals surface area contributed by atoms with Gasteiger partial charge in [-0.3, -0.25) is 9.59 Å². The first-order chi connectivity index (χ1) is 14.1. The van der Waals surface area contributed by atoms with E-state index < -0.39 is 6.04 Å². The summed E-state index contributed by atoms with van der Waals surface area (Å²) in [4.78, 5) is 28.0. The Morgan fingerprint density at radius 1 is 0.967 bits per heavy atom. The van der Waals surface area contributed by atoms with Crippen LogP contribution in [0.3, 0.4) is 0 Å². The molecule has 0 fully saturated rings. The zero-order chi connectivity index (χ0) is 22.3. The van der Waals surface area contributed by atoms with Gasteiger partial charge in [0, 0.05) is 18.5 Å². The van der Waals surface area contributed by atoms with E-state index in [1.165, 1.54) is 5.56 Å². The summed E-state index contributed by atoms with van der Waals surface area (Å²) in [6, 6.07) is 15.9. The SMILES string of the molecule is CCC(C(=O)NC(C)(C)C)N(Cc1cccc(C)c1)C(=O)CCc1ccc(C)cc1. The molecule has 1 unspecified atom stereocenters. The van der Waals surface area contributed by atoms with Gasteiger partial charge in [0.05, 0.1) is 0 Å². The van der Waals surface area contributed by atoms with E-state index in [9.17, 15) is 9.59 Å². The maximum atomic E-state index is 13.3. The summed E-state index contributed by atoms with van der Waals surface area (Å²) in [7, 11) is 0. The Kier molecular flexibility index (Phi) is 8.22. The Morgan fingerprint density at radius 3 is 2.20 bits per heavy atom. The number of hydrogen-bond acceptors (Lipinski definition) is 2. The summed E-state index contributed by atoms with van der Waals surface area (Å²) in [6.07, 6.45) is 1.62. The second-order valence-electron chi connectivity index (χ2n) is 9.16. The maximum absolute atomic E-state index is 13.3. The standard InChI is InChI=1S/C26H36N2O2/c1-7-23(25(30)27-26(4,5)6)28(18-22-10-8-9-20(3)17-22)24(29)16-15-21-13-11-19(2)12-14-21/h8-14,17,23H,7,15-16,18H2,1-6H3,(H,27,30). The molecule has 0 radical (unpaired) electrons. The van der Waals surface area contributed by atoms with Crippen LogP contribution in [0.4, 0.5) is 0 Å². The smallest absolute Gasteiger partial charge is 0.243 e. The summed E-state index contributed by atoms with van der Waals surface area (Å²) in [6.45, 7) is 12.4. The zero-order valence-electron chi connectivity index (χ0n) is 19.3. The van der Waals surface area contributed by atoms with Crippen LogP contribution < -0.4 is 5.32 Å². The quantitative estimate of drug-likeness (QED) is 0.671. The van der Waals surface area contributed by atoms with Crippen LogP contribution in [0.5, 0.6) is 0 Å². The van der Waals surface area contributed by atoms with Crippen LogP contribution in [0, 0.1) is 13.8 Å². The van der Waals surface area contributed by atoms with Crippen molar-refractivity contribution in [1.29, 1.82) is 0 Å². The predicted molar refractivity (Wildman–Crippen MR) is 123 cm³/mol. The molecule has 2 aromatic rings. The summed E-state index contributed by atoms with van der Waals surface area (Å²) < 4.78 is 0. The van der Waals surface area contributed by atoms with Crippen LogP contribution >= 0.6 is 0 Å². The van der Waals surface area contributed by atoms with E-state index in [1.807, 2.05) is 52.8 Å². The molecule has 4 nitrogen and oxygen atoms in total. The van der Waals surface area contributed by atoms with Gasteiger partial charge in [-0.05, 0) is 58.6 Å². The van der Waals surface area contributed by atoms with Gasteiger partial charge < -0.3 is 10.2 Å². The number of amides is 2. The highest BCUT2D eigenvalue weighted by atomic mass is 16.2. The predicted octanol–water partition coefficient (Wildman–Crippen LogP) is 4.96. The van der Waals surface area contributed by atoms with Crippen molar-refractivity contribution in [1.82, 2.24) is 10.2 Å². The number of rotatable bonds is 8. The van der Waals surface area contributed by atoms with E-state index >= 15 is 0 Å². The molecule has 0 aliphatic carbocycles. The van der Waals surface area contributed by atoms with Crippen molar-refractivity contribution in [3.8, 4) is 0 Å². The minimum atomic E-state index is -0.491. The first-order valence-electron chi connectivity index (χ1n) is 10.8. The molecule has 30 heavy (non-hydrogen) atoms. The summed E-state index contributed by atoms with van der Waals surface area (Å²) in [5.41, 5.74) is 4.19. The van der Waals surface area contributed by atoms with E-state index in [0.717, 1.165) is 16.7 Å². The highest BCUT2D eigenvalue weighted by molar-refractivity contribution is 5.88. The van der Waals surface area contributed by atoms with Crippen LogP contribution in [0.1, 0.15) is 62.8 Å². The average molecular weight is 409 g/mol. The van der Waals surface area contributed by atoms with Crippen molar-refractivity contribution < 1.29 is 9.59 Å². The Balaban J connectivity index is 2.22. The molecule has 0 saturated carbocycles. The number of carbonyl (C=O) groups is 2. The lowest BCUT2D eigenvalue weighted by Crippen LogP contribution is -2.53. The van der Waals surface area contributed by atoms with Gasteiger partial charge in [-0.2, -0.15) is 0 Å². The van der Waals surface area contributed by atoms with Crippen molar-refractivity contribution in [3.05, 3.63) is 70.8 Å². The van der Waals surface area contributed by atoms with Gasteiger partial charge in [-0.1, -0.05) is 66.6 Å². The Hall–Kier alpha value is -2.62. The largest absolute Gasteiger partial charge is 0.350 e. The highest BCUT2D eigenvalue weighted by Crippen LogP contribution is 2.17. The molecule has 4 heteroatoms. The Morgan fingerprint density at radius 2 is 1.63 bits per heavy atom. The van der Waals surface area contributed by atoms with Gasteiger partial charge in [-0.25, -0.2) is 0 Å². The molecule has 0 spiro atoms. The molecule has 2 aromatic carbocycles. The molecule has 162 valence electrons. The number of nitrogens with zero attached hydrogens (tertiary/aromatic N) is 1. The number of hydrogen-bond donors (Lipinski definition) is 1. The van der Waals surface area contributed by atoms with Crippen LogP contribution in [0.2, 0.25) is 0 Å². The Labute approximate surface area is 181 Å². The molecule has 1 atom stereocenters. The van der Waals surface area contributed by atoms with Crippen molar-refractivity contribution in [3.63, 3.8) is 0 Å². The molecule has 2 amide bonds. The second kappa shape index (κ2) is 10.4. The van der Waals surface area contributed by atoms with E-state index in [0.29, 0.717) is 25.8 Å². The molecule has 0 aromatic heterocycles. The van der Waals surface area contributed by atoms with Crippen molar-refractivity contribution in [2.75, 3.05) is 0 Å². The molecule has 0 saturated heterocycles. The van der Waals surface area contributed by atoms with Gasteiger partial charge in [-0.15, -0.1) is 0 Å². The third-order valence-electron chi connectivity index (χ3n) is 5.07. The fourth-order valence-corrected chi connectivity index (χ4v) is 3.53. The summed E-state index contributed by atoms with van der Waals surface area (Å²) in [5, 5.41) is 3.05. The monoisotopic (exact) mass is 408 g/mol. The lowest BCUT2D eigenvalue weighted by atomic mass is 10.0. The van der Waals surface area contributed by atoms with Crippen LogP contribution in [-0.4, -0.2) is 28.3 Å². The van der Waals surface area contributed by atoms with Crippen LogP contribution in [0.25, 0.3) is 0 Å². The van der Waals surface area contributed by atoms with E-state index in [-0.39, 0.29) is 17.4 Å². The molecule has 2 rings (SSSR count). The van der Waals surface area contributed by atoms with Gasteiger partial charge in [0.1, 0.15) is 6.04 Å². The van der Waals surface area contributed by atoms with Crippen molar-refractivity contribution >= 4 is 11.8 Å². The molecule has 0 heterocycles. The lowest BCUT2D eigenvalue weighted by Gasteiger charge is -2.33. The molecular formula is C26H36N2O2. The number of benzene rings is 2. The molecule has 0 aliphatic rings. The maximum Gasteiger partial charge on any atom is 0.243 e. The van der Waals surface area contributed by atoms with Gasteiger partial charge in [0.15, 0.2) is 0 Å². The van der Waals surface area contributed by atoms with Gasteiger partial charge in [0.25, 0.3) is 0 Å². The van der Waals surface area contributed by atoms with Crippen LogP contribution in [-0.2, 0) is 22.6 Å². The van der Waals surface area contributed by atoms with Crippen LogP contribution in [0.15, 0.2) is 48.5 Å². The normalized spacial score (nSPS) is 12.3. The van der Waals surface area contributed by atoms with Crippen molar-refractivity contribution in [2.45, 2.75) is 78.9 Å². The molecule has 1 N–H and O–H groups in total. The molecular weight excluding hydrogens is 372 g/mol. The van der Waals surface area contributed by atoms with Gasteiger partial charge in [0.2, 0.25) is 11.8 Å². The van der Waals surface area contributed by atoms with Gasteiger partial charge >= 0.3 is 0 Å². The fourth-order valence-electron chi connectivity index (χ4n) is 3.53. The number of aryl methyl sites for hydroxylation is 3. The summed E-state index contributed by atoms with van der Waals surface area (Å²) in [5.74, 6) is -0.0886. The first-order valence-corrected chi connectivity index (χ1v) is 10.8. The minimum Gasteiger partial charge on any atom is -0.350 e. The zero-order valence-corrected chi connectivity index (χ0v) is 19.3. The van der Waals surface area contributed by atoms with E-state index in [2.05, 4.69) is 42.6 Å². The number of carbonyl (C=O) groups excluding carboxylic acids is 2. The third kappa shape index (κ3) is 7.33. The number of nitrogens with one attached hydrogen (secondary N) is 1. The van der Waals surface area contributed by atoms with E-state index in [1.54, 1.807) is 4.90 Å². The average Bonchev–Trinajstić information content (AvgIpc) is 2.66. The molecule has 0 aliphatic heterocycles. The summed E-state index contributed by atoms with van der Waals surface area (Å²) >= 11 is 0. The third-order valence-corrected chi connectivity index (χ3v) is 5.07. The topological polar surface area (TPSA) is 49.4 Å². The lowest BCUT2D eigenvalue weighted by molar-refractivity contribution is -0.142. The second-order valence-corrected chi connectivity index (χ2v) is 9.16. The van der Waals surface area contributed by atoms with E-state index in [4.69, 9.17) is 0 Å². The molecule has 0 bridgehead atoms. The minimum absolute atomic E-state index is 0.00740. The first kappa shape index (κ1) is 23.7. The van der Waals surface area contributed by atoms with Crippen molar-refractivity contribution in [2.24, 2.45) is 0 Å². The fraction of sp³-hybridized carbons (Fsp3) is 0.462. The Bertz CT molecular complexity index is 850.